The van der Waals surface area contributed by atoms with Gasteiger partial charge in [0, 0.05) is 6.04 Å². The minimum absolute atomic E-state index is 0.237. The molecule has 2 heterocycles. The average molecular weight is 283 g/mol. The summed E-state index contributed by atoms with van der Waals surface area (Å²) in [6.45, 7) is 4.02. The van der Waals surface area contributed by atoms with Crippen LogP contribution in [0.15, 0.2) is 0 Å². The first kappa shape index (κ1) is 13.1. The van der Waals surface area contributed by atoms with Gasteiger partial charge in [-0.1, -0.05) is 19.8 Å². The third-order valence-corrected chi connectivity index (χ3v) is 4.45. The summed E-state index contributed by atoms with van der Waals surface area (Å²) in [7, 11) is 0. The van der Waals surface area contributed by atoms with Gasteiger partial charge >= 0.3 is 0 Å². The Hall–Kier alpha value is -0.880. The van der Waals surface area contributed by atoms with Crippen LogP contribution in [0.4, 0.5) is 0 Å². The lowest BCUT2D eigenvalue weighted by atomic mass is 10.1. The number of rotatable bonds is 7. The van der Waals surface area contributed by atoms with Gasteiger partial charge < -0.3 is 14.8 Å². The molecule has 5 nitrogen and oxygen atoms in total. The predicted octanol–water partition coefficient (Wildman–Crippen LogP) is 2.24. The van der Waals surface area contributed by atoms with E-state index in [-0.39, 0.29) is 6.10 Å². The lowest BCUT2D eigenvalue weighted by Gasteiger charge is -2.22. The van der Waals surface area contributed by atoms with Gasteiger partial charge in [-0.15, -0.1) is 8.75 Å². The van der Waals surface area contributed by atoms with Crippen LogP contribution in [0, 0.1) is 5.92 Å². The Bertz CT molecular complexity index is 412. The molecule has 2 aliphatic rings. The summed E-state index contributed by atoms with van der Waals surface area (Å²) in [5, 5.41) is 3.49. The van der Waals surface area contributed by atoms with Crippen LogP contribution in [0.2, 0.25) is 0 Å². The number of aromatic nitrogens is 2. The number of nitrogens with one attached hydrogen (secondary N) is 1. The van der Waals surface area contributed by atoms with Crippen LogP contribution in [0.5, 0.6) is 11.8 Å². The Morgan fingerprint density at radius 3 is 2.89 bits per heavy atom. The Morgan fingerprint density at radius 1 is 1.26 bits per heavy atom. The summed E-state index contributed by atoms with van der Waals surface area (Å²) in [6.07, 6.45) is 6.03. The fourth-order valence-electron chi connectivity index (χ4n) is 2.93. The molecule has 2 bridgehead atoms. The summed E-state index contributed by atoms with van der Waals surface area (Å²) in [4.78, 5) is 0. The molecule has 0 radical (unpaired) electrons. The molecule has 1 saturated heterocycles. The Labute approximate surface area is 118 Å². The molecular formula is C13H21N3O2S. The van der Waals surface area contributed by atoms with Crippen molar-refractivity contribution in [3.63, 3.8) is 0 Å². The first-order valence-corrected chi connectivity index (χ1v) is 7.95. The smallest absolute Gasteiger partial charge is 0.291 e. The van der Waals surface area contributed by atoms with Crippen molar-refractivity contribution in [2.75, 3.05) is 13.2 Å². The largest absolute Gasteiger partial charge is 0.473 e. The Kier molecular flexibility index (Phi) is 4.18. The van der Waals surface area contributed by atoms with Gasteiger partial charge in [0.1, 0.15) is 6.10 Å². The normalized spacial score (nSPS) is 28.8. The first-order valence-electron chi connectivity index (χ1n) is 7.22. The molecule has 106 valence electrons. The van der Waals surface area contributed by atoms with E-state index in [1.165, 1.54) is 19.3 Å². The number of nitrogens with zero attached hydrogens (tertiary/aromatic N) is 2. The quantitative estimate of drug-likeness (QED) is 0.778. The van der Waals surface area contributed by atoms with Crippen LogP contribution in [0.3, 0.4) is 0 Å². The molecule has 1 aliphatic heterocycles. The van der Waals surface area contributed by atoms with Crippen LogP contribution < -0.4 is 14.8 Å². The van der Waals surface area contributed by atoms with E-state index in [1.54, 1.807) is 0 Å². The number of hydrogen-bond donors (Lipinski definition) is 1. The molecule has 3 rings (SSSR count). The first-order chi connectivity index (χ1) is 9.36. The van der Waals surface area contributed by atoms with Gasteiger partial charge in [0.15, 0.2) is 0 Å². The summed E-state index contributed by atoms with van der Waals surface area (Å²) in [5.74, 6) is 1.93. The van der Waals surface area contributed by atoms with E-state index in [1.807, 2.05) is 0 Å². The Balaban J connectivity index is 1.52. The fraction of sp³-hybridized carbons (Fsp3) is 0.846. The minimum atomic E-state index is 0.237. The van der Waals surface area contributed by atoms with Gasteiger partial charge in [-0.25, -0.2) is 0 Å². The van der Waals surface area contributed by atoms with E-state index in [2.05, 4.69) is 21.0 Å². The predicted molar refractivity (Wildman–Crippen MR) is 73.9 cm³/mol. The third kappa shape index (κ3) is 3.00. The van der Waals surface area contributed by atoms with E-state index in [4.69, 9.17) is 9.47 Å². The lowest BCUT2D eigenvalue weighted by molar-refractivity contribution is 0.144. The molecule has 2 fully saturated rings. The lowest BCUT2D eigenvalue weighted by Crippen LogP contribution is -2.40. The van der Waals surface area contributed by atoms with Crippen LogP contribution >= 0.6 is 11.7 Å². The van der Waals surface area contributed by atoms with Crippen molar-refractivity contribution < 1.29 is 9.47 Å². The van der Waals surface area contributed by atoms with Gasteiger partial charge in [-0.2, -0.15) is 0 Å². The second kappa shape index (κ2) is 6.05. The van der Waals surface area contributed by atoms with E-state index >= 15 is 0 Å². The highest BCUT2D eigenvalue weighted by atomic mass is 32.1. The van der Waals surface area contributed by atoms with Gasteiger partial charge in [0.25, 0.3) is 11.8 Å². The number of piperidine rings is 1. The van der Waals surface area contributed by atoms with Gasteiger partial charge in [-0.3, -0.25) is 0 Å². The number of ether oxygens (including phenoxy) is 2. The van der Waals surface area contributed by atoms with Crippen LogP contribution in [-0.4, -0.2) is 34.0 Å². The summed E-state index contributed by atoms with van der Waals surface area (Å²) in [6, 6.07) is 0.486. The van der Waals surface area contributed by atoms with Crippen molar-refractivity contribution in [2.24, 2.45) is 5.92 Å². The molecule has 19 heavy (non-hydrogen) atoms. The van der Waals surface area contributed by atoms with E-state index < -0.39 is 0 Å². The minimum Gasteiger partial charge on any atom is -0.473 e. The van der Waals surface area contributed by atoms with Crippen molar-refractivity contribution >= 4 is 11.7 Å². The maximum atomic E-state index is 5.99. The zero-order valence-electron chi connectivity index (χ0n) is 11.3. The number of fused-ring (bicyclic) bond motifs is 2. The number of hydrogen-bond acceptors (Lipinski definition) is 6. The molecule has 3 atom stereocenters. The third-order valence-electron chi connectivity index (χ3n) is 3.95. The molecule has 1 aliphatic carbocycles. The Morgan fingerprint density at radius 2 is 2.16 bits per heavy atom. The number of unbranched alkanes of at least 4 members (excludes halogenated alkanes) is 2. The highest BCUT2D eigenvalue weighted by Crippen LogP contribution is 2.35. The molecule has 0 amide bonds. The highest BCUT2D eigenvalue weighted by Gasteiger charge is 2.41. The zero-order chi connectivity index (χ0) is 13.1. The van der Waals surface area contributed by atoms with Crippen molar-refractivity contribution in [2.45, 2.75) is 51.2 Å². The van der Waals surface area contributed by atoms with Crippen LogP contribution in [0.1, 0.15) is 39.0 Å². The monoisotopic (exact) mass is 283 g/mol. The summed E-state index contributed by atoms with van der Waals surface area (Å²) < 4.78 is 20.0. The molecule has 6 heteroatoms. The van der Waals surface area contributed by atoms with Crippen molar-refractivity contribution in [3.05, 3.63) is 0 Å². The van der Waals surface area contributed by atoms with Gasteiger partial charge in [0.2, 0.25) is 0 Å². The summed E-state index contributed by atoms with van der Waals surface area (Å²) in [5.41, 5.74) is 0. The van der Waals surface area contributed by atoms with Gasteiger partial charge in [-0.05, 0) is 31.7 Å². The average Bonchev–Trinajstić information content (AvgIpc) is 3.12. The maximum Gasteiger partial charge on any atom is 0.291 e. The van der Waals surface area contributed by atoms with Crippen molar-refractivity contribution in [1.82, 2.24) is 14.1 Å². The van der Waals surface area contributed by atoms with Crippen LogP contribution in [0.25, 0.3) is 0 Å². The second-order valence-electron chi connectivity index (χ2n) is 5.44. The fourth-order valence-corrected chi connectivity index (χ4v) is 3.37. The van der Waals surface area contributed by atoms with Gasteiger partial charge in [0.05, 0.1) is 18.3 Å². The van der Waals surface area contributed by atoms with Crippen LogP contribution in [-0.2, 0) is 0 Å². The molecule has 1 saturated carbocycles. The molecule has 0 unspecified atom stereocenters. The zero-order valence-corrected chi connectivity index (χ0v) is 12.1. The van der Waals surface area contributed by atoms with Crippen molar-refractivity contribution in [3.8, 4) is 11.8 Å². The van der Waals surface area contributed by atoms with E-state index in [9.17, 15) is 0 Å². The molecule has 0 spiro atoms. The highest BCUT2D eigenvalue weighted by molar-refractivity contribution is 6.99. The topological polar surface area (TPSA) is 56.3 Å². The maximum absolute atomic E-state index is 5.99. The standard InChI is InChI=1S/C13H21N3O2S/c1-2-3-4-5-17-12-13(16-19-15-12)18-11-7-9-6-10(11)14-8-9/h9-11,14H,2-8H2,1H3/t9-,10+,11+/m0/s1. The van der Waals surface area contributed by atoms with E-state index in [0.29, 0.717) is 24.4 Å². The summed E-state index contributed by atoms with van der Waals surface area (Å²) >= 11 is 1.16. The molecule has 0 aromatic carbocycles. The van der Waals surface area contributed by atoms with Crippen molar-refractivity contribution in [1.29, 1.82) is 0 Å². The molecule has 1 N–H and O–H groups in total. The molecular weight excluding hydrogens is 262 g/mol. The molecule has 1 aromatic rings. The SMILES string of the molecule is CCCCCOc1nsnc1O[C@@H]1C[C@H]2CN[C@@H]1C2. The second-order valence-corrected chi connectivity index (χ2v) is 5.97. The van der Waals surface area contributed by atoms with E-state index in [0.717, 1.165) is 37.0 Å². The molecule has 1 aromatic heterocycles.